The van der Waals surface area contributed by atoms with Crippen LogP contribution < -0.4 is 5.73 Å². The lowest BCUT2D eigenvalue weighted by Crippen LogP contribution is -2.23. The van der Waals surface area contributed by atoms with E-state index in [0.29, 0.717) is 10.9 Å². The minimum atomic E-state index is -0.341. The van der Waals surface area contributed by atoms with Gasteiger partial charge in [0.2, 0.25) is 0 Å². The second-order valence-corrected chi connectivity index (χ2v) is 7.81. The van der Waals surface area contributed by atoms with E-state index < -0.39 is 0 Å². The number of hydrogen-bond acceptors (Lipinski definition) is 4. The predicted molar refractivity (Wildman–Crippen MR) is 103 cm³/mol. The highest BCUT2D eigenvalue weighted by atomic mass is 32.1. The number of carbonyl (C=O) groups is 1. The van der Waals surface area contributed by atoms with Gasteiger partial charge in [0.25, 0.3) is 5.91 Å². The Labute approximate surface area is 157 Å². The molecule has 0 saturated carbocycles. The molecule has 5 nitrogen and oxygen atoms in total. The number of nitrogens with zero attached hydrogens (tertiary/aromatic N) is 3. The van der Waals surface area contributed by atoms with Crippen LogP contribution in [0.4, 0.5) is 0 Å². The number of primary amides is 1. The maximum Gasteiger partial charge on any atom is 0.258 e. The highest BCUT2D eigenvalue weighted by Crippen LogP contribution is 2.36. The van der Waals surface area contributed by atoms with Crippen molar-refractivity contribution in [2.24, 2.45) is 5.73 Å². The summed E-state index contributed by atoms with van der Waals surface area (Å²) in [4.78, 5) is 20.1. The van der Waals surface area contributed by atoms with E-state index in [9.17, 15) is 4.79 Å². The fourth-order valence-electron chi connectivity index (χ4n) is 3.61. The normalized spacial score (nSPS) is 17.6. The van der Waals surface area contributed by atoms with Gasteiger partial charge in [-0.1, -0.05) is 30.3 Å². The lowest BCUT2D eigenvalue weighted by molar-refractivity contribution is 0.100. The van der Waals surface area contributed by atoms with Crippen molar-refractivity contribution >= 4 is 17.2 Å². The van der Waals surface area contributed by atoms with Gasteiger partial charge >= 0.3 is 0 Å². The molecule has 0 spiro atoms. The fourth-order valence-corrected chi connectivity index (χ4v) is 4.64. The molecule has 1 fully saturated rings. The number of benzene rings is 1. The first-order chi connectivity index (χ1) is 12.7. The summed E-state index contributed by atoms with van der Waals surface area (Å²) in [6.45, 7) is 2.76. The zero-order chi connectivity index (χ0) is 17.9. The number of carbonyl (C=O) groups excluding carboxylic acids is 1. The molecule has 1 aromatic carbocycles. The maximum atomic E-state index is 11.4. The van der Waals surface area contributed by atoms with E-state index in [4.69, 9.17) is 5.73 Å². The molecule has 0 radical (unpaired) electrons. The van der Waals surface area contributed by atoms with Crippen molar-refractivity contribution in [3.05, 3.63) is 76.0 Å². The highest BCUT2D eigenvalue weighted by molar-refractivity contribution is 7.14. The molecule has 3 heterocycles. The Morgan fingerprint density at radius 1 is 1.19 bits per heavy atom. The lowest BCUT2D eigenvalue weighted by atomic mass is 10.2. The summed E-state index contributed by atoms with van der Waals surface area (Å²) < 4.78 is 2.22. The molecule has 1 aliphatic heterocycles. The highest BCUT2D eigenvalue weighted by Gasteiger charge is 2.28. The molecule has 26 heavy (non-hydrogen) atoms. The first-order valence-electron chi connectivity index (χ1n) is 8.87. The third kappa shape index (κ3) is 3.57. The Kier molecular flexibility index (Phi) is 4.86. The quantitative estimate of drug-likeness (QED) is 0.727. The lowest BCUT2D eigenvalue weighted by Gasteiger charge is -2.24. The van der Waals surface area contributed by atoms with Crippen molar-refractivity contribution in [1.29, 1.82) is 0 Å². The molecular weight excluding hydrogens is 344 g/mol. The Bertz CT molecular complexity index is 886. The van der Waals surface area contributed by atoms with Gasteiger partial charge in [-0.3, -0.25) is 9.69 Å². The summed E-state index contributed by atoms with van der Waals surface area (Å²) in [5.41, 5.74) is 7.90. The van der Waals surface area contributed by atoms with Gasteiger partial charge in [-0.25, -0.2) is 4.98 Å². The van der Waals surface area contributed by atoms with Crippen LogP contribution in [0.5, 0.6) is 0 Å². The monoisotopic (exact) mass is 366 g/mol. The van der Waals surface area contributed by atoms with Gasteiger partial charge in [0.1, 0.15) is 0 Å². The van der Waals surface area contributed by atoms with Gasteiger partial charge < -0.3 is 10.3 Å². The second-order valence-electron chi connectivity index (χ2n) is 6.69. The molecule has 1 aliphatic rings. The molecule has 3 aromatic rings. The molecule has 4 rings (SSSR count). The van der Waals surface area contributed by atoms with Crippen LogP contribution in [-0.4, -0.2) is 26.9 Å². The van der Waals surface area contributed by atoms with Crippen molar-refractivity contribution in [3.63, 3.8) is 0 Å². The van der Waals surface area contributed by atoms with Gasteiger partial charge in [0.05, 0.1) is 16.9 Å². The van der Waals surface area contributed by atoms with Gasteiger partial charge in [0, 0.05) is 30.2 Å². The van der Waals surface area contributed by atoms with E-state index in [1.54, 1.807) is 0 Å². The van der Waals surface area contributed by atoms with E-state index in [-0.39, 0.29) is 5.91 Å². The van der Waals surface area contributed by atoms with Crippen LogP contribution in [0.3, 0.4) is 0 Å². The third-order valence-corrected chi connectivity index (χ3v) is 6.12. The zero-order valence-electron chi connectivity index (χ0n) is 14.5. The fraction of sp³-hybridized carbons (Fsp3) is 0.300. The zero-order valence-corrected chi connectivity index (χ0v) is 15.4. The van der Waals surface area contributed by atoms with E-state index in [2.05, 4.69) is 44.8 Å². The molecule has 1 amide bonds. The van der Waals surface area contributed by atoms with Crippen molar-refractivity contribution in [2.45, 2.75) is 32.0 Å². The second kappa shape index (κ2) is 7.43. The van der Waals surface area contributed by atoms with Crippen LogP contribution in [0.25, 0.3) is 0 Å². The number of amides is 1. The molecule has 0 aliphatic carbocycles. The average Bonchev–Trinajstić information content (AvgIpc) is 3.37. The summed E-state index contributed by atoms with van der Waals surface area (Å²) in [5.74, 6) is -0.341. The number of rotatable bonds is 6. The molecule has 2 aromatic heterocycles. The van der Waals surface area contributed by atoms with E-state index >= 15 is 0 Å². The number of imidazole rings is 1. The van der Waals surface area contributed by atoms with Crippen LogP contribution in [0.15, 0.2) is 55.0 Å². The van der Waals surface area contributed by atoms with Gasteiger partial charge in [-0.15, -0.1) is 11.3 Å². The van der Waals surface area contributed by atoms with Crippen molar-refractivity contribution < 1.29 is 4.79 Å². The van der Waals surface area contributed by atoms with Crippen LogP contribution in [-0.2, 0) is 13.1 Å². The molecule has 6 heteroatoms. The minimum Gasteiger partial charge on any atom is -0.365 e. The Morgan fingerprint density at radius 3 is 2.81 bits per heavy atom. The molecule has 1 unspecified atom stereocenters. The third-order valence-electron chi connectivity index (χ3n) is 4.92. The minimum absolute atomic E-state index is 0.341. The largest absolute Gasteiger partial charge is 0.365 e. The maximum absolute atomic E-state index is 11.4. The summed E-state index contributed by atoms with van der Waals surface area (Å²) in [6, 6.07) is 14.7. The van der Waals surface area contributed by atoms with Crippen molar-refractivity contribution in [3.8, 4) is 0 Å². The first-order valence-corrected chi connectivity index (χ1v) is 9.69. The molecule has 2 N–H and O–H groups in total. The van der Waals surface area contributed by atoms with Crippen LogP contribution in [0.1, 0.15) is 44.7 Å². The Morgan fingerprint density at radius 2 is 2.04 bits per heavy atom. The average molecular weight is 366 g/mol. The Hall–Kier alpha value is -2.44. The topological polar surface area (TPSA) is 64.2 Å². The number of thiophene rings is 1. The summed E-state index contributed by atoms with van der Waals surface area (Å²) in [7, 11) is 0. The number of hydrogen-bond donors (Lipinski definition) is 1. The smallest absolute Gasteiger partial charge is 0.258 e. The number of likely N-dealkylation sites (tertiary alicyclic amines) is 1. The van der Waals surface area contributed by atoms with Crippen molar-refractivity contribution in [2.75, 3.05) is 6.54 Å². The molecule has 1 atom stereocenters. The Balaban J connectivity index is 1.50. The van der Waals surface area contributed by atoms with E-state index in [1.165, 1.54) is 33.9 Å². The van der Waals surface area contributed by atoms with E-state index in [0.717, 1.165) is 26.1 Å². The summed E-state index contributed by atoms with van der Waals surface area (Å²) in [5, 5.41) is 0. The van der Waals surface area contributed by atoms with Crippen LogP contribution >= 0.6 is 11.3 Å². The van der Waals surface area contributed by atoms with Crippen LogP contribution in [0.2, 0.25) is 0 Å². The van der Waals surface area contributed by atoms with Gasteiger partial charge in [0.15, 0.2) is 0 Å². The van der Waals surface area contributed by atoms with E-state index in [1.807, 2.05) is 24.7 Å². The molecule has 1 saturated heterocycles. The van der Waals surface area contributed by atoms with Crippen molar-refractivity contribution in [1.82, 2.24) is 14.5 Å². The summed E-state index contributed by atoms with van der Waals surface area (Å²) in [6.07, 6.45) is 6.15. The summed E-state index contributed by atoms with van der Waals surface area (Å²) >= 11 is 1.52. The number of aromatic nitrogens is 2. The van der Waals surface area contributed by atoms with Crippen LogP contribution in [0, 0.1) is 0 Å². The number of nitrogens with two attached hydrogens (primary N) is 1. The SMILES string of the molecule is NC(=O)c1ccc(C2CCCN2Cc2cncn2Cc2ccccc2)s1. The van der Waals surface area contributed by atoms with Gasteiger partial charge in [-0.05, 0) is 37.1 Å². The first kappa shape index (κ1) is 17.0. The molecular formula is C20H22N4OS. The standard InChI is InChI=1S/C20H22N4OS/c21-20(25)19-9-8-18(26-19)17-7-4-10-23(17)13-16-11-22-14-24(16)12-15-5-2-1-3-6-15/h1-3,5-6,8-9,11,14,17H,4,7,10,12-13H2,(H2,21,25). The predicted octanol–water partition coefficient (Wildman–Crippen LogP) is 3.43. The van der Waals surface area contributed by atoms with Gasteiger partial charge in [-0.2, -0.15) is 0 Å². The molecule has 134 valence electrons. The molecule has 0 bridgehead atoms.